The predicted octanol–water partition coefficient (Wildman–Crippen LogP) is -0.317. The van der Waals surface area contributed by atoms with Gasteiger partial charge in [-0.25, -0.2) is 8.42 Å². The third kappa shape index (κ3) is 2.91. The molecule has 0 amide bonds. The Balaban J connectivity index is 2.60. The van der Waals surface area contributed by atoms with E-state index < -0.39 is 10.0 Å². The van der Waals surface area contributed by atoms with E-state index in [4.69, 9.17) is 9.47 Å². The van der Waals surface area contributed by atoms with Crippen molar-refractivity contribution >= 4 is 10.0 Å². The first-order chi connectivity index (χ1) is 6.58. The molecule has 1 aliphatic rings. The smallest absolute Gasteiger partial charge is 0.216 e. The number of sulfonamides is 1. The topological polar surface area (TPSA) is 55.8 Å². The van der Waals surface area contributed by atoms with Crippen molar-refractivity contribution in [1.82, 2.24) is 4.31 Å². The maximum absolute atomic E-state index is 11.7. The van der Waals surface area contributed by atoms with Crippen molar-refractivity contribution in [2.45, 2.75) is 13.0 Å². The van der Waals surface area contributed by atoms with Gasteiger partial charge in [-0.3, -0.25) is 0 Å². The molecular weight excluding hydrogens is 206 g/mol. The molecule has 0 N–H and O–H groups in total. The predicted molar refractivity (Wildman–Crippen MR) is 52.6 cm³/mol. The largest absolute Gasteiger partial charge is 0.384 e. The molecular formula is C8H17NO4S. The van der Waals surface area contributed by atoms with Crippen LogP contribution in [0.3, 0.4) is 0 Å². The van der Waals surface area contributed by atoms with Crippen LogP contribution >= 0.6 is 0 Å². The van der Waals surface area contributed by atoms with Crippen LogP contribution in [0.4, 0.5) is 0 Å². The molecule has 0 spiro atoms. The summed E-state index contributed by atoms with van der Waals surface area (Å²) in [5.74, 6) is 0.0494. The highest BCUT2D eigenvalue weighted by Crippen LogP contribution is 2.12. The van der Waals surface area contributed by atoms with E-state index in [9.17, 15) is 8.42 Å². The Bertz CT molecular complexity index is 265. The number of ether oxygens (including phenoxy) is 2. The van der Waals surface area contributed by atoms with Crippen molar-refractivity contribution in [2.75, 3.05) is 39.2 Å². The summed E-state index contributed by atoms with van der Waals surface area (Å²) < 4.78 is 34.9. The van der Waals surface area contributed by atoms with Gasteiger partial charge in [-0.05, 0) is 6.92 Å². The Morgan fingerprint density at radius 2 is 2.29 bits per heavy atom. The van der Waals surface area contributed by atoms with E-state index in [0.29, 0.717) is 19.8 Å². The van der Waals surface area contributed by atoms with Crippen LogP contribution in [-0.4, -0.2) is 58.0 Å². The SMILES string of the molecule is COCCS(=O)(=O)N1CCOCC1C. The van der Waals surface area contributed by atoms with E-state index in [2.05, 4.69) is 0 Å². The normalized spacial score (nSPS) is 25.1. The van der Waals surface area contributed by atoms with Crippen LogP contribution in [0.1, 0.15) is 6.92 Å². The molecule has 1 atom stereocenters. The zero-order valence-electron chi connectivity index (χ0n) is 8.60. The van der Waals surface area contributed by atoms with Gasteiger partial charge >= 0.3 is 0 Å². The lowest BCUT2D eigenvalue weighted by Crippen LogP contribution is -2.48. The first-order valence-electron chi connectivity index (χ1n) is 4.64. The van der Waals surface area contributed by atoms with Crippen LogP contribution < -0.4 is 0 Å². The van der Waals surface area contributed by atoms with E-state index in [1.54, 1.807) is 0 Å². The second-order valence-electron chi connectivity index (χ2n) is 3.34. The third-order valence-corrected chi connectivity index (χ3v) is 4.15. The van der Waals surface area contributed by atoms with Crippen molar-refractivity contribution in [3.8, 4) is 0 Å². The minimum atomic E-state index is -3.17. The molecule has 6 heteroatoms. The van der Waals surface area contributed by atoms with E-state index in [-0.39, 0.29) is 18.4 Å². The molecule has 84 valence electrons. The first-order valence-corrected chi connectivity index (χ1v) is 6.25. The Labute approximate surface area is 85.0 Å². The number of hydrogen-bond acceptors (Lipinski definition) is 4. The van der Waals surface area contributed by atoms with E-state index in [1.807, 2.05) is 6.92 Å². The molecule has 1 rings (SSSR count). The van der Waals surface area contributed by atoms with E-state index in [1.165, 1.54) is 11.4 Å². The average molecular weight is 223 g/mol. The molecule has 0 aromatic heterocycles. The fourth-order valence-electron chi connectivity index (χ4n) is 1.43. The van der Waals surface area contributed by atoms with Crippen LogP contribution in [-0.2, 0) is 19.5 Å². The highest BCUT2D eigenvalue weighted by atomic mass is 32.2. The van der Waals surface area contributed by atoms with Crippen molar-refractivity contribution in [3.63, 3.8) is 0 Å². The molecule has 1 aliphatic heterocycles. The summed E-state index contributed by atoms with van der Waals surface area (Å²) >= 11 is 0. The van der Waals surface area contributed by atoms with Crippen LogP contribution in [0, 0.1) is 0 Å². The van der Waals surface area contributed by atoms with Gasteiger partial charge in [-0.15, -0.1) is 0 Å². The molecule has 1 saturated heterocycles. The highest BCUT2D eigenvalue weighted by Gasteiger charge is 2.29. The number of rotatable bonds is 4. The highest BCUT2D eigenvalue weighted by molar-refractivity contribution is 7.89. The van der Waals surface area contributed by atoms with E-state index >= 15 is 0 Å². The summed E-state index contributed by atoms with van der Waals surface area (Å²) in [6.45, 7) is 3.51. The van der Waals surface area contributed by atoms with Crippen LogP contribution in [0.15, 0.2) is 0 Å². The zero-order valence-corrected chi connectivity index (χ0v) is 9.42. The monoisotopic (exact) mass is 223 g/mol. The number of methoxy groups -OCH3 is 1. The average Bonchev–Trinajstić information content (AvgIpc) is 2.15. The molecule has 0 aromatic rings. The molecule has 0 aromatic carbocycles. The molecule has 0 bridgehead atoms. The maximum Gasteiger partial charge on any atom is 0.216 e. The molecule has 5 nitrogen and oxygen atoms in total. The Kier molecular flexibility index (Phi) is 4.31. The van der Waals surface area contributed by atoms with Gasteiger partial charge in [0, 0.05) is 19.7 Å². The van der Waals surface area contributed by atoms with Crippen LogP contribution in [0.5, 0.6) is 0 Å². The van der Waals surface area contributed by atoms with Crippen molar-refractivity contribution < 1.29 is 17.9 Å². The quantitative estimate of drug-likeness (QED) is 0.655. The molecule has 1 fully saturated rings. The second kappa shape index (κ2) is 5.06. The second-order valence-corrected chi connectivity index (χ2v) is 5.38. The summed E-state index contributed by atoms with van der Waals surface area (Å²) in [4.78, 5) is 0. The maximum atomic E-state index is 11.7. The van der Waals surface area contributed by atoms with Gasteiger partial charge in [0.05, 0.1) is 25.6 Å². The number of hydrogen-bond donors (Lipinski definition) is 0. The Morgan fingerprint density at radius 3 is 2.86 bits per heavy atom. The Morgan fingerprint density at radius 1 is 1.57 bits per heavy atom. The van der Waals surface area contributed by atoms with Gasteiger partial charge in [0.1, 0.15) is 0 Å². The van der Waals surface area contributed by atoms with Gasteiger partial charge in [0.2, 0.25) is 10.0 Å². The molecule has 0 aliphatic carbocycles. The molecule has 0 radical (unpaired) electrons. The minimum Gasteiger partial charge on any atom is -0.384 e. The zero-order chi connectivity index (χ0) is 10.6. The fourth-order valence-corrected chi connectivity index (χ4v) is 3.00. The Hall–Kier alpha value is -0.170. The number of morpholine rings is 1. The fraction of sp³-hybridized carbons (Fsp3) is 1.00. The van der Waals surface area contributed by atoms with Gasteiger partial charge in [-0.1, -0.05) is 0 Å². The third-order valence-electron chi connectivity index (χ3n) is 2.21. The van der Waals surface area contributed by atoms with Crippen LogP contribution in [0.25, 0.3) is 0 Å². The summed E-state index contributed by atoms with van der Waals surface area (Å²) in [7, 11) is -1.67. The van der Waals surface area contributed by atoms with Gasteiger partial charge in [0.25, 0.3) is 0 Å². The van der Waals surface area contributed by atoms with E-state index in [0.717, 1.165) is 0 Å². The molecule has 1 heterocycles. The molecule has 0 saturated carbocycles. The minimum absolute atomic E-state index is 0.0494. The van der Waals surface area contributed by atoms with Crippen molar-refractivity contribution in [1.29, 1.82) is 0 Å². The lowest BCUT2D eigenvalue weighted by molar-refractivity contribution is 0.0390. The molecule has 1 unspecified atom stereocenters. The summed E-state index contributed by atoms with van der Waals surface area (Å²) in [6.07, 6.45) is 0. The van der Waals surface area contributed by atoms with Crippen molar-refractivity contribution in [3.05, 3.63) is 0 Å². The summed E-state index contributed by atoms with van der Waals surface area (Å²) in [5.41, 5.74) is 0. The van der Waals surface area contributed by atoms with Crippen LogP contribution in [0.2, 0.25) is 0 Å². The summed E-state index contributed by atoms with van der Waals surface area (Å²) in [6, 6.07) is -0.0643. The lowest BCUT2D eigenvalue weighted by atomic mass is 10.3. The lowest BCUT2D eigenvalue weighted by Gasteiger charge is -2.32. The number of nitrogens with zero attached hydrogens (tertiary/aromatic N) is 1. The summed E-state index contributed by atoms with van der Waals surface area (Å²) in [5, 5.41) is 0. The van der Waals surface area contributed by atoms with Gasteiger partial charge in [-0.2, -0.15) is 4.31 Å². The molecule has 14 heavy (non-hydrogen) atoms. The standard InChI is InChI=1S/C8H17NO4S/c1-8-7-13-4-3-9(8)14(10,11)6-5-12-2/h8H,3-7H2,1-2H3. The van der Waals surface area contributed by atoms with Crippen molar-refractivity contribution in [2.24, 2.45) is 0 Å². The first kappa shape index (κ1) is 11.9. The van der Waals surface area contributed by atoms with Gasteiger partial charge < -0.3 is 9.47 Å². The van der Waals surface area contributed by atoms with Gasteiger partial charge in [0.15, 0.2) is 0 Å².